The zero-order valence-electron chi connectivity index (χ0n) is 29.8. The van der Waals surface area contributed by atoms with Crippen molar-refractivity contribution in [2.24, 2.45) is 20.7 Å². The third-order valence-corrected chi connectivity index (χ3v) is 10.2. The molecule has 3 aromatic carbocycles. The maximum atomic E-state index is 14.5. The van der Waals surface area contributed by atoms with Gasteiger partial charge in [0.25, 0.3) is 0 Å². The molecule has 0 saturated carbocycles. The predicted octanol–water partition coefficient (Wildman–Crippen LogP) is -0.383. The van der Waals surface area contributed by atoms with Gasteiger partial charge in [-0.2, -0.15) is 9.98 Å². The summed E-state index contributed by atoms with van der Waals surface area (Å²) < 4.78 is 24.3. The van der Waals surface area contributed by atoms with E-state index in [9.17, 15) is 44.7 Å². The normalized spacial score (nSPS) is 26.2. The molecule has 0 radical (unpaired) electrons. The zero-order chi connectivity index (χ0) is 40.1. The summed E-state index contributed by atoms with van der Waals surface area (Å²) >= 11 is 0. The number of guanidine groups is 1. The van der Waals surface area contributed by atoms with Crippen molar-refractivity contribution >= 4 is 47.0 Å². The average molecular weight is 782 g/mol. The Bertz CT molecular complexity index is 2320. The van der Waals surface area contributed by atoms with Crippen molar-refractivity contribution in [2.75, 3.05) is 24.8 Å². The second-order valence-corrected chi connectivity index (χ2v) is 13.7. The van der Waals surface area contributed by atoms with E-state index >= 15 is 0 Å². The lowest BCUT2D eigenvalue weighted by Crippen LogP contribution is -2.60. The second kappa shape index (κ2) is 15.1. The Morgan fingerprint density at radius 2 is 1.77 bits per heavy atom. The first kappa shape index (κ1) is 37.8. The number of aliphatic hydroxyl groups is 5. The largest absolute Gasteiger partial charge is 0.499 e. The van der Waals surface area contributed by atoms with E-state index in [0.717, 1.165) is 0 Å². The minimum atomic E-state index is -1.87. The number of hydrogen-bond acceptors (Lipinski definition) is 17. The number of benzene rings is 3. The second-order valence-electron chi connectivity index (χ2n) is 13.7. The number of hydrogen-bond donors (Lipinski definition) is 6. The standard InChI is InChI=1S/C39H35N5O13/c40-39-42-36-28(37(53)43-39)41-16-44(36)25-4-2-1-3-20(25)19-8-10-54-15-26-31(50)32(51)33(52)38(56-26)57-34-23(19)12-24-27(35(34)55-14-18(47)7-9-45)30(49)22-11-17(13-46)5-6-21(22)29(24)48/h1-6,8-12,18-19,26,31-33,38,46-47,50-52H,7,13-16H2,(H2,40,43,53)/b10-8-/t18-,19+,26+,31+,32-,33+,38-/m1/s1. The van der Waals surface area contributed by atoms with E-state index < -0.39 is 73.4 Å². The Morgan fingerprint density at radius 1 is 0.965 bits per heavy atom. The number of aliphatic imine (C=N–C) groups is 3. The Hall–Kier alpha value is -6.15. The van der Waals surface area contributed by atoms with E-state index in [1.165, 1.54) is 30.5 Å². The highest BCUT2D eigenvalue weighted by molar-refractivity contribution is 6.72. The van der Waals surface area contributed by atoms with E-state index in [0.29, 0.717) is 23.1 Å². The van der Waals surface area contributed by atoms with Crippen LogP contribution >= 0.6 is 0 Å². The van der Waals surface area contributed by atoms with E-state index in [1.54, 1.807) is 35.2 Å². The number of fused-ring (bicyclic) bond motifs is 6. The number of anilines is 1. The maximum absolute atomic E-state index is 14.5. The molecule has 4 aliphatic heterocycles. The molecule has 8 rings (SSSR count). The van der Waals surface area contributed by atoms with Gasteiger partial charge in [-0.15, -0.1) is 0 Å². The number of carbonyl (C=O) groups is 4. The number of aldehydes is 1. The molecule has 1 saturated heterocycles. The molecule has 2 bridgehead atoms. The first-order chi connectivity index (χ1) is 27.5. The molecule has 57 heavy (non-hydrogen) atoms. The van der Waals surface area contributed by atoms with Crippen molar-refractivity contribution in [1.29, 1.82) is 0 Å². The lowest BCUT2D eigenvalue weighted by molar-refractivity contribution is -0.277. The number of nitrogens with zero attached hydrogens (tertiary/aromatic N) is 4. The molecular weight excluding hydrogens is 746 g/mol. The topological polar surface area (TPSA) is 273 Å². The van der Waals surface area contributed by atoms with Crippen LogP contribution in [0.15, 0.2) is 75.8 Å². The molecule has 5 aliphatic rings. The van der Waals surface area contributed by atoms with Crippen LogP contribution in [0.3, 0.4) is 0 Å². The molecule has 1 fully saturated rings. The van der Waals surface area contributed by atoms with Crippen LogP contribution < -0.4 is 20.1 Å². The van der Waals surface area contributed by atoms with Crippen LogP contribution in [0.2, 0.25) is 0 Å². The summed E-state index contributed by atoms with van der Waals surface area (Å²) in [7, 11) is 0. The van der Waals surface area contributed by atoms with Gasteiger partial charge in [0.05, 0.1) is 24.5 Å². The monoisotopic (exact) mass is 781 g/mol. The molecule has 294 valence electrons. The lowest BCUT2D eigenvalue weighted by atomic mass is 9.79. The maximum Gasteiger partial charge on any atom is 0.302 e. The number of allylic oxidation sites excluding steroid dienone is 1. The predicted molar refractivity (Wildman–Crippen MR) is 197 cm³/mol. The third-order valence-electron chi connectivity index (χ3n) is 10.2. The molecule has 0 aromatic heterocycles. The minimum Gasteiger partial charge on any atom is -0.499 e. The Labute approximate surface area is 322 Å². The number of amides is 1. The van der Waals surface area contributed by atoms with Crippen molar-refractivity contribution in [3.63, 3.8) is 0 Å². The Balaban J connectivity index is 1.38. The highest BCUT2D eigenvalue weighted by atomic mass is 16.7. The Morgan fingerprint density at radius 3 is 2.56 bits per heavy atom. The quantitative estimate of drug-likeness (QED) is 0.124. The van der Waals surface area contributed by atoms with Crippen LogP contribution in [0.5, 0.6) is 11.5 Å². The van der Waals surface area contributed by atoms with Crippen LogP contribution in [0.25, 0.3) is 0 Å². The van der Waals surface area contributed by atoms with Crippen LogP contribution in [-0.2, 0) is 25.7 Å². The molecule has 7 N–H and O–H groups in total. The highest BCUT2D eigenvalue weighted by Crippen LogP contribution is 2.49. The van der Waals surface area contributed by atoms with E-state index in [2.05, 4.69) is 15.0 Å². The molecule has 0 spiro atoms. The van der Waals surface area contributed by atoms with Gasteiger partial charge >= 0.3 is 5.91 Å². The van der Waals surface area contributed by atoms with E-state index in [4.69, 9.17) is 24.7 Å². The van der Waals surface area contributed by atoms with Crippen LogP contribution in [0.1, 0.15) is 60.9 Å². The molecule has 3 aromatic rings. The lowest BCUT2D eigenvalue weighted by Gasteiger charge is -2.40. The number of carbonyl (C=O) groups excluding carboxylic acids is 4. The molecule has 0 unspecified atom stereocenters. The summed E-state index contributed by atoms with van der Waals surface area (Å²) in [6.45, 7) is -1.37. The molecule has 4 heterocycles. The molecule has 1 aliphatic carbocycles. The molecular formula is C39H35N5O13. The van der Waals surface area contributed by atoms with Gasteiger partial charge in [0, 0.05) is 40.3 Å². The average Bonchev–Trinajstić information content (AvgIpc) is 3.62. The molecule has 1 amide bonds. The summed E-state index contributed by atoms with van der Waals surface area (Å²) in [5.41, 5.74) is 6.86. The number of ether oxygens (including phenoxy) is 4. The molecule has 7 atom stereocenters. The zero-order valence-corrected chi connectivity index (χ0v) is 29.8. The fraction of sp³-hybridized carbons (Fsp3) is 0.308. The fourth-order valence-electron chi connectivity index (χ4n) is 7.36. The van der Waals surface area contributed by atoms with Crippen molar-refractivity contribution < 1.29 is 63.7 Å². The van der Waals surface area contributed by atoms with Gasteiger partial charge in [-0.1, -0.05) is 24.3 Å². The summed E-state index contributed by atoms with van der Waals surface area (Å²) in [5, 5.41) is 53.4. The number of aliphatic hydroxyl groups excluding tert-OH is 5. The number of ketones is 2. The number of para-hydroxylation sites is 1. The van der Waals surface area contributed by atoms with Gasteiger partial charge in [0.2, 0.25) is 12.2 Å². The minimum absolute atomic E-state index is 0.00894. The molecule has 18 nitrogen and oxygen atoms in total. The van der Waals surface area contributed by atoms with Crippen molar-refractivity contribution in [3.8, 4) is 11.5 Å². The summed E-state index contributed by atoms with van der Waals surface area (Å²) in [4.78, 5) is 67.0. The first-order valence-electron chi connectivity index (χ1n) is 17.8. The Kier molecular flexibility index (Phi) is 9.98. The summed E-state index contributed by atoms with van der Waals surface area (Å²) in [6, 6.07) is 12.6. The van der Waals surface area contributed by atoms with Gasteiger partial charge in [0.15, 0.2) is 34.6 Å². The third kappa shape index (κ3) is 6.57. The van der Waals surface area contributed by atoms with E-state index in [-0.39, 0.29) is 76.5 Å². The summed E-state index contributed by atoms with van der Waals surface area (Å²) in [5.74, 6) is -3.74. The van der Waals surface area contributed by atoms with Crippen molar-refractivity contribution in [1.82, 2.24) is 0 Å². The highest BCUT2D eigenvalue weighted by Gasteiger charge is 2.47. The molecule has 18 heteroatoms. The number of rotatable bonds is 8. The number of nitrogens with two attached hydrogens (primary N) is 1. The van der Waals surface area contributed by atoms with E-state index in [1.807, 2.05) is 0 Å². The fourth-order valence-corrected chi connectivity index (χ4v) is 7.36. The summed E-state index contributed by atoms with van der Waals surface area (Å²) in [6.07, 6.45) is -6.58. The van der Waals surface area contributed by atoms with Gasteiger partial charge < -0.3 is 59.9 Å². The van der Waals surface area contributed by atoms with Crippen LogP contribution in [0, 0.1) is 0 Å². The first-order valence-corrected chi connectivity index (χ1v) is 17.8. The van der Waals surface area contributed by atoms with Crippen LogP contribution in [-0.4, -0.2) is 123 Å². The smallest absolute Gasteiger partial charge is 0.302 e. The SMILES string of the molecule is NC1=NC(=O)C2=NCN(c3ccccc3[C@@H]3/C=C\OC[C@@H]4O[C@H](Oc5c3cc3c(c5OC[C@H](O)CC=O)C(=O)c5cc(CO)ccc5C3=O)[C@@H](O)[C@H](O)[C@H]4O)C2=N1. The number of amidine groups is 1. The van der Waals surface area contributed by atoms with Gasteiger partial charge in [-0.25, -0.2) is 0 Å². The van der Waals surface area contributed by atoms with Gasteiger partial charge in [-0.05, 0) is 41.5 Å². The van der Waals surface area contributed by atoms with Gasteiger partial charge in [-0.3, -0.25) is 19.4 Å². The van der Waals surface area contributed by atoms with Gasteiger partial charge in [0.1, 0.15) is 50.6 Å². The van der Waals surface area contributed by atoms with Crippen molar-refractivity contribution in [2.45, 2.75) is 55.8 Å². The van der Waals surface area contributed by atoms with Crippen molar-refractivity contribution in [3.05, 3.63) is 99.8 Å². The van der Waals surface area contributed by atoms with Crippen LogP contribution in [0.4, 0.5) is 5.69 Å².